The number of thiazole rings is 1. The van der Waals surface area contributed by atoms with Gasteiger partial charge in [0, 0.05) is 5.69 Å². The van der Waals surface area contributed by atoms with Crippen LogP contribution in [0.25, 0.3) is 0 Å². The number of fused-ring (bicyclic) bond motifs is 1. The van der Waals surface area contributed by atoms with Gasteiger partial charge in [0.2, 0.25) is 15.7 Å². The number of rotatable bonds is 7. The lowest BCUT2D eigenvalue weighted by Crippen LogP contribution is -2.44. The van der Waals surface area contributed by atoms with E-state index in [-0.39, 0.29) is 46.5 Å². The van der Waals surface area contributed by atoms with Gasteiger partial charge in [0.15, 0.2) is 0 Å². The van der Waals surface area contributed by atoms with Crippen molar-refractivity contribution in [3.05, 3.63) is 23.2 Å². The predicted octanol–water partition coefficient (Wildman–Crippen LogP) is 4.97. The standard InChI is InChI=1S/C21H26F3N3O6S2/c1-6-16-26-17(18(34-16)32-12(2)3)35(29,30)27-9-10-31-15-8-7-13(11-14(15)27)25-19(28)33-20(4,5)21(22,23)24/h7-8,11-12H,6,9-10H2,1-5H3,(H,25,28). The molecule has 0 radical (unpaired) electrons. The Hall–Kier alpha value is -2.74. The van der Waals surface area contributed by atoms with Crippen molar-refractivity contribution in [2.75, 3.05) is 22.8 Å². The number of aryl methyl sites for hydroxylation is 1. The molecule has 14 heteroatoms. The van der Waals surface area contributed by atoms with E-state index in [1.807, 2.05) is 6.92 Å². The first-order valence-electron chi connectivity index (χ1n) is 10.7. The van der Waals surface area contributed by atoms with Crippen molar-refractivity contribution in [2.45, 2.75) is 63.9 Å². The maximum Gasteiger partial charge on any atom is 0.427 e. The van der Waals surface area contributed by atoms with Crippen LogP contribution < -0.4 is 19.1 Å². The molecule has 1 aromatic heterocycles. The SMILES string of the molecule is CCc1nc(S(=O)(=O)N2CCOc3ccc(NC(=O)OC(C)(C)C(F)(F)F)cc32)c(OC(C)C)s1. The number of halogens is 3. The zero-order valence-electron chi connectivity index (χ0n) is 19.7. The number of sulfonamides is 1. The molecule has 194 valence electrons. The topological polar surface area (TPSA) is 107 Å². The van der Waals surface area contributed by atoms with E-state index in [1.54, 1.807) is 13.8 Å². The van der Waals surface area contributed by atoms with E-state index < -0.39 is 27.9 Å². The molecule has 2 aromatic rings. The third-order valence-corrected chi connectivity index (χ3v) is 7.79. The lowest BCUT2D eigenvalue weighted by atomic mass is 10.1. The minimum Gasteiger partial charge on any atom is -0.489 e. The number of nitrogens with one attached hydrogen (secondary N) is 1. The van der Waals surface area contributed by atoms with Gasteiger partial charge in [-0.1, -0.05) is 18.3 Å². The van der Waals surface area contributed by atoms with Gasteiger partial charge in [0.25, 0.3) is 10.0 Å². The molecule has 1 aromatic carbocycles. The van der Waals surface area contributed by atoms with Crippen molar-refractivity contribution in [1.82, 2.24) is 4.98 Å². The van der Waals surface area contributed by atoms with E-state index in [0.29, 0.717) is 11.4 Å². The normalized spacial score (nSPS) is 14.4. The van der Waals surface area contributed by atoms with Crippen molar-refractivity contribution >= 4 is 38.8 Å². The van der Waals surface area contributed by atoms with Crippen LogP contribution in [0, 0.1) is 0 Å². The van der Waals surface area contributed by atoms with Gasteiger partial charge in [-0.2, -0.15) is 21.6 Å². The Balaban J connectivity index is 1.93. The van der Waals surface area contributed by atoms with E-state index in [2.05, 4.69) is 15.0 Å². The van der Waals surface area contributed by atoms with Gasteiger partial charge < -0.3 is 14.2 Å². The molecule has 0 saturated heterocycles. The number of benzene rings is 1. The smallest absolute Gasteiger partial charge is 0.427 e. The number of hydrogen-bond acceptors (Lipinski definition) is 8. The van der Waals surface area contributed by atoms with Crippen molar-refractivity contribution in [1.29, 1.82) is 0 Å². The Morgan fingerprint density at radius 1 is 1.31 bits per heavy atom. The van der Waals surface area contributed by atoms with Crippen molar-refractivity contribution in [2.24, 2.45) is 0 Å². The quantitative estimate of drug-likeness (QED) is 0.531. The van der Waals surface area contributed by atoms with Crippen molar-refractivity contribution in [3.8, 4) is 10.8 Å². The zero-order valence-corrected chi connectivity index (χ0v) is 21.4. The van der Waals surface area contributed by atoms with E-state index in [0.717, 1.165) is 29.5 Å². The van der Waals surface area contributed by atoms with Crippen LogP contribution in [-0.4, -0.2) is 50.5 Å². The van der Waals surface area contributed by atoms with Gasteiger partial charge >= 0.3 is 12.3 Å². The lowest BCUT2D eigenvalue weighted by molar-refractivity contribution is -0.242. The van der Waals surface area contributed by atoms with E-state index >= 15 is 0 Å². The fraction of sp³-hybridized carbons (Fsp3) is 0.524. The highest BCUT2D eigenvalue weighted by molar-refractivity contribution is 7.93. The molecule has 0 atom stereocenters. The number of carbonyl (C=O) groups is 1. The van der Waals surface area contributed by atoms with Crippen LogP contribution in [0.2, 0.25) is 0 Å². The summed E-state index contributed by atoms with van der Waals surface area (Å²) in [7, 11) is -4.20. The van der Waals surface area contributed by atoms with Crippen molar-refractivity contribution in [3.63, 3.8) is 0 Å². The number of ether oxygens (including phenoxy) is 3. The molecule has 9 nitrogen and oxygen atoms in total. The van der Waals surface area contributed by atoms with Gasteiger partial charge in [-0.25, -0.2) is 9.78 Å². The van der Waals surface area contributed by atoms with E-state index in [9.17, 15) is 26.4 Å². The number of aromatic nitrogens is 1. The van der Waals surface area contributed by atoms with Crippen LogP contribution in [0.1, 0.15) is 39.6 Å². The molecule has 2 heterocycles. The van der Waals surface area contributed by atoms with Crippen LogP contribution in [0.5, 0.6) is 10.8 Å². The Labute approximate surface area is 205 Å². The fourth-order valence-corrected chi connectivity index (χ4v) is 5.77. The largest absolute Gasteiger partial charge is 0.489 e. The molecular weight excluding hydrogens is 511 g/mol. The molecule has 0 bridgehead atoms. The van der Waals surface area contributed by atoms with Crippen molar-refractivity contribution < 1.29 is 40.6 Å². The number of amides is 1. The van der Waals surface area contributed by atoms with Gasteiger partial charge in [-0.15, -0.1) is 0 Å². The highest BCUT2D eigenvalue weighted by Crippen LogP contribution is 2.41. The molecule has 0 saturated carbocycles. The molecule has 0 aliphatic carbocycles. The Kier molecular flexibility index (Phi) is 7.46. The van der Waals surface area contributed by atoms with Gasteiger partial charge in [-0.3, -0.25) is 9.62 Å². The summed E-state index contributed by atoms with van der Waals surface area (Å²) in [5.41, 5.74) is -2.62. The summed E-state index contributed by atoms with van der Waals surface area (Å²) in [6.45, 7) is 6.82. The first-order valence-corrected chi connectivity index (χ1v) is 12.9. The van der Waals surface area contributed by atoms with Gasteiger partial charge in [0.05, 0.1) is 23.3 Å². The van der Waals surface area contributed by atoms with Crippen LogP contribution in [0.3, 0.4) is 0 Å². The van der Waals surface area contributed by atoms with Crippen LogP contribution >= 0.6 is 11.3 Å². The predicted molar refractivity (Wildman–Crippen MR) is 124 cm³/mol. The minimum absolute atomic E-state index is 0.0172. The molecule has 1 aliphatic rings. The number of nitrogens with zero attached hydrogens (tertiary/aromatic N) is 2. The summed E-state index contributed by atoms with van der Waals surface area (Å²) in [5, 5.41) is 2.72. The molecule has 0 fully saturated rings. The Morgan fingerprint density at radius 2 is 2.00 bits per heavy atom. The third-order valence-electron chi connectivity index (χ3n) is 4.85. The number of carbonyl (C=O) groups excluding carboxylic acids is 1. The number of hydrogen-bond donors (Lipinski definition) is 1. The lowest BCUT2D eigenvalue weighted by Gasteiger charge is -2.30. The first-order chi connectivity index (χ1) is 16.2. The highest BCUT2D eigenvalue weighted by Gasteiger charge is 2.51. The number of anilines is 2. The van der Waals surface area contributed by atoms with Gasteiger partial charge in [0.1, 0.15) is 12.4 Å². The fourth-order valence-electron chi connectivity index (χ4n) is 2.99. The monoisotopic (exact) mass is 537 g/mol. The maximum absolute atomic E-state index is 13.6. The second-order valence-corrected chi connectivity index (χ2v) is 11.2. The van der Waals surface area contributed by atoms with E-state index in [4.69, 9.17) is 9.47 Å². The molecule has 3 rings (SSSR count). The third kappa shape index (κ3) is 5.74. The Morgan fingerprint density at radius 3 is 2.60 bits per heavy atom. The molecule has 1 amide bonds. The summed E-state index contributed by atoms with van der Waals surface area (Å²) < 4.78 is 83.1. The highest BCUT2D eigenvalue weighted by atomic mass is 32.2. The summed E-state index contributed by atoms with van der Waals surface area (Å²) in [4.78, 5) is 16.4. The van der Waals surface area contributed by atoms with Gasteiger partial charge in [-0.05, 0) is 52.3 Å². The molecular formula is C21H26F3N3O6S2. The average molecular weight is 538 g/mol. The zero-order chi connectivity index (χ0) is 26.2. The molecule has 0 unspecified atom stereocenters. The second kappa shape index (κ2) is 9.72. The first kappa shape index (κ1) is 26.9. The summed E-state index contributed by atoms with van der Waals surface area (Å²) in [6.07, 6.45) is -5.90. The minimum atomic E-state index is -4.78. The summed E-state index contributed by atoms with van der Waals surface area (Å²) >= 11 is 1.14. The molecule has 35 heavy (non-hydrogen) atoms. The number of alkyl halides is 3. The molecule has 0 spiro atoms. The van der Waals surface area contributed by atoms with E-state index in [1.165, 1.54) is 18.2 Å². The maximum atomic E-state index is 13.6. The summed E-state index contributed by atoms with van der Waals surface area (Å²) in [5.74, 6) is 0.214. The second-order valence-electron chi connectivity index (χ2n) is 8.35. The van der Waals surface area contributed by atoms with Crippen LogP contribution in [-0.2, 0) is 21.2 Å². The molecule has 1 aliphatic heterocycles. The van der Waals surface area contributed by atoms with Crippen LogP contribution in [0.4, 0.5) is 29.3 Å². The van der Waals surface area contributed by atoms with Crippen LogP contribution in [0.15, 0.2) is 23.2 Å². The average Bonchev–Trinajstić information content (AvgIpc) is 3.15. The summed E-state index contributed by atoms with van der Waals surface area (Å²) in [6, 6.07) is 4.05. The molecule has 1 N–H and O–H groups in total. The Bertz CT molecular complexity index is 1200.